The second kappa shape index (κ2) is 7.63. The molecular weight excluding hydrogens is 412 g/mol. The number of phenols is 1. The molecule has 0 saturated carbocycles. The van der Waals surface area contributed by atoms with Crippen LogP contribution in [0.4, 0.5) is 17.6 Å². The largest absolute Gasteiger partial charge is 0.508 e. The number of hydrogen-bond acceptors (Lipinski definition) is 3. The molecule has 0 bridgehead atoms. The van der Waals surface area contributed by atoms with E-state index in [9.17, 15) is 22.7 Å². The standard InChI is InChI=1S/C20H13ClF4N2O2/c21-17-6-3-12(22)9-15(17)18-14(10-1-4-13(28)5-2-10)7-11(20(23,24)25)8-16(18)19(26)27-29/h1-9,28-29H,(H2,26,27). The molecule has 0 aromatic heterocycles. The second-order valence-corrected chi connectivity index (χ2v) is 6.51. The number of nitrogens with two attached hydrogens (primary N) is 1. The molecule has 3 rings (SSSR count). The van der Waals surface area contributed by atoms with Gasteiger partial charge in [0, 0.05) is 21.7 Å². The summed E-state index contributed by atoms with van der Waals surface area (Å²) in [6, 6.07) is 10.3. The van der Waals surface area contributed by atoms with E-state index in [2.05, 4.69) is 5.16 Å². The monoisotopic (exact) mass is 424 g/mol. The number of aromatic hydroxyl groups is 1. The first-order valence-electron chi connectivity index (χ1n) is 8.09. The van der Waals surface area contributed by atoms with Crippen molar-refractivity contribution in [2.24, 2.45) is 10.9 Å². The average molecular weight is 425 g/mol. The molecule has 150 valence electrons. The quantitative estimate of drug-likeness (QED) is 0.167. The smallest absolute Gasteiger partial charge is 0.416 e. The fourth-order valence-electron chi connectivity index (χ4n) is 2.91. The van der Waals surface area contributed by atoms with Crippen LogP contribution in [0.2, 0.25) is 5.02 Å². The average Bonchev–Trinajstić information content (AvgIpc) is 2.68. The van der Waals surface area contributed by atoms with Gasteiger partial charge in [-0.3, -0.25) is 0 Å². The number of phenolic OH excluding ortho intramolecular Hbond substituents is 1. The second-order valence-electron chi connectivity index (χ2n) is 6.10. The van der Waals surface area contributed by atoms with E-state index >= 15 is 0 Å². The Bertz CT molecular complexity index is 1100. The summed E-state index contributed by atoms with van der Waals surface area (Å²) in [6.45, 7) is 0. The van der Waals surface area contributed by atoms with Crippen molar-refractivity contribution < 1.29 is 27.9 Å². The molecule has 3 aromatic rings. The lowest BCUT2D eigenvalue weighted by atomic mass is 9.88. The number of alkyl halides is 3. The molecule has 9 heteroatoms. The van der Waals surface area contributed by atoms with Crippen LogP contribution in [0.3, 0.4) is 0 Å². The predicted octanol–water partition coefficient (Wildman–Crippen LogP) is 5.63. The van der Waals surface area contributed by atoms with E-state index in [0.717, 1.165) is 18.2 Å². The van der Waals surface area contributed by atoms with Crippen molar-refractivity contribution in [1.29, 1.82) is 0 Å². The minimum absolute atomic E-state index is 0.00826. The molecule has 0 spiro atoms. The number of benzene rings is 3. The summed E-state index contributed by atoms with van der Waals surface area (Å²) < 4.78 is 54.4. The lowest BCUT2D eigenvalue weighted by Crippen LogP contribution is -2.17. The van der Waals surface area contributed by atoms with E-state index in [1.807, 2.05) is 0 Å². The van der Waals surface area contributed by atoms with E-state index < -0.39 is 23.4 Å². The fraction of sp³-hybridized carbons (Fsp3) is 0.0500. The van der Waals surface area contributed by atoms with Gasteiger partial charge in [-0.25, -0.2) is 4.39 Å². The molecule has 0 aliphatic heterocycles. The van der Waals surface area contributed by atoms with Crippen molar-refractivity contribution in [3.63, 3.8) is 0 Å². The van der Waals surface area contributed by atoms with Crippen molar-refractivity contribution >= 4 is 17.4 Å². The zero-order chi connectivity index (χ0) is 21.3. The Morgan fingerprint density at radius 2 is 1.62 bits per heavy atom. The molecule has 0 atom stereocenters. The van der Waals surface area contributed by atoms with Gasteiger partial charge in [0.25, 0.3) is 0 Å². The van der Waals surface area contributed by atoms with Gasteiger partial charge < -0.3 is 16.0 Å². The highest BCUT2D eigenvalue weighted by molar-refractivity contribution is 6.34. The SMILES string of the molecule is N/C(=N\O)c1cc(C(F)(F)F)cc(-c2ccc(O)cc2)c1-c1cc(F)ccc1Cl. The highest BCUT2D eigenvalue weighted by Crippen LogP contribution is 2.43. The number of hydrogen-bond donors (Lipinski definition) is 3. The zero-order valence-electron chi connectivity index (χ0n) is 14.5. The Labute approximate surface area is 167 Å². The Kier molecular flexibility index (Phi) is 5.39. The Morgan fingerprint density at radius 3 is 2.21 bits per heavy atom. The Hall–Kier alpha value is -3.26. The van der Waals surface area contributed by atoms with Gasteiger partial charge in [-0.05, 0) is 53.6 Å². The molecular formula is C20H13ClF4N2O2. The summed E-state index contributed by atoms with van der Waals surface area (Å²) in [6.07, 6.45) is -4.74. The highest BCUT2D eigenvalue weighted by Gasteiger charge is 2.33. The topological polar surface area (TPSA) is 78.8 Å². The molecule has 0 amide bonds. The minimum atomic E-state index is -4.74. The maximum absolute atomic E-state index is 13.9. The first-order chi connectivity index (χ1) is 13.6. The molecule has 4 N–H and O–H groups in total. The number of halogens is 5. The van der Waals surface area contributed by atoms with Gasteiger partial charge in [0.1, 0.15) is 11.6 Å². The molecule has 0 unspecified atom stereocenters. The van der Waals surface area contributed by atoms with Crippen LogP contribution in [0.5, 0.6) is 5.75 Å². The summed E-state index contributed by atoms with van der Waals surface area (Å²) in [5, 5.41) is 21.5. The van der Waals surface area contributed by atoms with Crippen molar-refractivity contribution in [3.05, 3.63) is 76.6 Å². The van der Waals surface area contributed by atoms with E-state index in [4.69, 9.17) is 22.5 Å². The van der Waals surface area contributed by atoms with Gasteiger partial charge in [-0.2, -0.15) is 13.2 Å². The zero-order valence-corrected chi connectivity index (χ0v) is 15.3. The van der Waals surface area contributed by atoms with Crippen molar-refractivity contribution in [2.75, 3.05) is 0 Å². The molecule has 0 radical (unpaired) electrons. The van der Waals surface area contributed by atoms with Crippen LogP contribution in [0.25, 0.3) is 22.3 Å². The van der Waals surface area contributed by atoms with Crippen molar-refractivity contribution in [1.82, 2.24) is 0 Å². The third kappa shape index (κ3) is 4.12. The predicted molar refractivity (Wildman–Crippen MR) is 101 cm³/mol. The van der Waals surface area contributed by atoms with Crippen LogP contribution in [-0.4, -0.2) is 16.1 Å². The van der Waals surface area contributed by atoms with E-state index in [-0.39, 0.29) is 38.6 Å². The molecule has 0 aliphatic rings. The Balaban J connectivity index is 2.49. The summed E-state index contributed by atoms with van der Waals surface area (Å²) >= 11 is 6.19. The van der Waals surface area contributed by atoms with E-state index in [1.165, 1.54) is 30.3 Å². The van der Waals surface area contributed by atoms with Crippen LogP contribution >= 0.6 is 11.6 Å². The molecule has 4 nitrogen and oxygen atoms in total. The van der Waals surface area contributed by atoms with Crippen LogP contribution in [-0.2, 0) is 6.18 Å². The van der Waals surface area contributed by atoms with Gasteiger partial charge in [0.05, 0.1) is 5.56 Å². The molecule has 0 fully saturated rings. The lowest BCUT2D eigenvalue weighted by Gasteiger charge is -2.19. The third-order valence-corrected chi connectivity index (χ3v) is 4.56. The molecule has 29 heavy (non-hydrogen) atoms. The maximum atomic E-state index is 13.9. The minimum Gasteiger partial charge on any atom is -0.508 e. The third-order valence-electron chi connectivity index (χ3n) is 4.23. The molecule has 0 saturated heterocycles. The maximum Gasteiger partial charge on any atom is 0.416 e. The highest BCUT2D eigenvalue weighted by atomic mass is 35.5. The van der Waals surface area contributed by atoms with Gasteiger partial charge >= 0.3 is 6.18 Å². The summed E-state index contributed by atoms with van der Waals surface area (Å²) in [7, 11) is 0. The van der Waals surface area contributed by atoms with Crippen molar-refractivity contribution in [3.8, 4) is 28.0 Å². The van der Waals surface area contributed by atoms with Gasteiger partial charge in [0.2, 0.25) is 0 Å². The van der Waals surface area contributed by atoms with Crippen LogP contribution in [0.1, 0.15) is 11.1 Å². The number of rotatable bonds is 3. The van der Waals surface area contributed by atoms with Crippen molar-refractivity contribution in [2.45, 2.75) is 6.18 Å². The Morgan fingerprint density at radius 1 is 0.966 bits per heavy atom. The lowest BCUT2D eigenvalue weighted by molar-refractivity contribution is -0.137. The van der Waals surface area contributed by atoms with Gasteiger partial charge in [-0.1, -0.05) is 28.9 Å². The number of amidine groups is 1. The first-order valence-corrected chi connectivity index (χ1v) is 8.47. The summed E-state index contributed by atoms with van der Waals surface area (Å²) in [4.78, 5) is 0. The van der Waals surface area contributed by atoms with Gasteiger partial charge in [0.15, 0.2) is 5.84 Å². The van der Waals surface area contributed by atoms with Crippen LogP contribution in [0.15, 0.2) is 59.8 Å². The fourth-order valence-corrected chi connectivity index (χ4v) is 3.12. The van der Waals surface area contributed by atoms with E-state index in [1.54, 1.807) is 0 Å². The normalized spacial score (nSPS) is 12.2. The van der Waals surface area contributed by atoms with Crippen LogP contribution < -0.4 is 5.73 Å². The molecule has 0 aliphatic carbocycles. The molecule has 0 heterocycles. The van der Waals surface area contributed by atoms with E-state index in [0.29, 0.717) is 6.07 Å². The summed E-state index contributed by atoms with van der Waals surface area (Å²) in [5.41, 5.74) is 4.71. The van der Waals surface area contributed by atoms with Crippen LogP contribution in [0, 0.1) is 5.82 Å². The first kappa shape index (κ1) is 20.5. The summed E-state index contributed by atoms with van der Waals surface area (Å²) in [5.74, 6) is -1.37. The number of oxime groups is 1. The number of nitrogens with zero attached hydrogens (tertiary/aromatic N) is 1. The molecule has 3 aromatic carbocycles. The van der Waals surface area contributed by atoms with Gasteiger partial charge in [-0.15, -0.1) is 0 Å².